The third-order valence-electron chi connectivity index (χ3n) is 11.6. The Morgan fingerprint density at radius 2 is 1.05 bits per heavy atom. The van der Waals surface area contributed by atoms with Crippen molar-refractivity contribution in [2.75, 3.05) is 39.3 Å². The molecule has 5 aromatic rings. The zero-order valence-electron chi connectivity index (χ0n) is 37.0. The smallest absolute Gasteiger partial charge is 0.247 e. The Hall–Kier alpha value is -5.80. The van der Waals surface area contributed by atoms with Gasteiger partial charge in [-0.25, -0.2) is 9.97 Å². The van der Waals surface area contributed by atoms with E-state index in [1.54, 1.807) is 22.2 Å². The Morgan fingerprint density at radius 1 is 0.635 bits per heavy atom. The summed E-state index contributed by atoms with van der Waals surface area (Å²) in [5.74, 6) is -0.573. The van der Waals surface area contributed by atoms with Gasteiger partial charge in [0.25, 0.3) is 0 Å². The molecule has 4 atom stereocenters. The largest absolute Gasteiger partial charge is 0.363 e. The number of hydrogen-bond acceptors (Lipinski definition) is 11. The van der Waals surface area contributed by atoms with Gasteiger partial charge in [-0.3, -0.25) is 19.2 Å². The third kappa shape index (κ3) is 11.4. The van der Waals surface area contributed by atoms with Gasteiger partial charge in [0, 0.05) is 66.4 Å². The number of likely N-dealkylation sites (tertiary alicyclic amines) is 2. The van der Waals surface area contributed by atoms with Gasteiger partial charge in [0.05, 0.1) is 0 Å². The zero-order chi connectivity index (χ0) is 44.7. The summed E-state index contributed by atoms with van der Waals surface area (Å²) in [6.45, 7) is 14.4. The number of nitrogens with zero attached hydrogens (tertiary/aromatic N) is 5. The Morgan fingerprint density at radius 3 is 1.41 bits per heavy atom. The minimum atomic E-state index is -0.557. The van der Waals surface area contributed by atoms with E-state index in [0.29, 0.717) is 60.7 Å². The average molecular weight is 890 g/mol. The number of nitrogens with one attached hydrogen (secondary N) is 4. The van der Waals surface area contributed by atoms with Gasteiger partial charge in [0.1, 0.15) is 24.2 Å². The number of carbonyl (C=O) groups is 4. The lowest BCUT2D eigenvalue weighted by Crippen LogP contribution is -2.53. The number of para-hydroxylation sites is 1. The monoisotopic (exact) mass is 889 g/mol. The van der Waals surface area contributed by atoms with Crippen LogP contribution in [0.15, 0.2) is 102 Å². The molecule has 0 spiro atoms. The van der Waals surface area contributed by atoms with Crippen LogP contribution in [-0.2, 0) is 32.3 Å². The number of benzene rings is 3. The number of amides is 4. The molecule has 0 aliphatic carbocycles. The van der Waals surface area contributed by atoms with E-state index >= 15 is 0 Å². The minimum Gasteiger partial charge on any atom is -0.363 e. The molecular formula is C48H59N9O4S2. The van der Waals surface area contributed by atoms with Crippen molar-refractivity contribution in [3.63, 3.8) is 0 Å². The number of rotatable bonds is 15. The summed E-state index contributed by atoms with van der Waals surface area (Å²) in [5.41, 5.74) is 3.74. The highest BCUT2D eigenvalue weighted by molar-refractivity contribution is 7.13. The van der Waals surface area contributed by atoms with Crippen molar-refractivity contribution in [3.05, 3.63) is 113 Å². The fourth-order valence-corrected chi connectivity index (χ4v) is 9.34. The first-order valence-electron chi connectivity index (χ1n) is 21.7. The predicted octanol–water partition coefficient (Wildman–Crippen LogP) is 8.72. The molecule has 2 aliphatic rings. The van der Waals surface area contributed by atoms with E-state index in [2.05, 4.69) is 48.3 Å². The van der Waals surface area contributed by atoms with Crippen molar-refractivity contribution in [1.82, 2.24) is 19.8 Å². The molecule has 3 aromatic carbocycles. The van der Waals surface area contributed by atoms with Crippen LogP contribution in [0, 0.1) is 10.8 Å². The van der Waals surface area contributed by atoms with Crippen LogP contribution < -0.4 is 26.2 Å². The first-order valence-corrected chi connectivity index (χ1v) is 23.4. The van der Waals surface area contributed by atoms with Crippen LogP contribution in [0.1, 0.15) is 78.4 Å². The van der Waals surface area contributed by atoms with E-state index in [4.69, 9.17) is 0 Å². The number of hydrogen-bond donors (Lipinski definition) is 4. The molecule has 0 radical (unpaired) electrons. The summed E-state index contributed by atoms with van der Waals surface area (Å²) in [4.78, 5) is 69.6. The van der Waals surface area contributed by atoms with E-state index < -0.39 is 35.0 Å². The van der Waals surface area contributed by atoms with Crippen molar-refractivity contribution in [3.8, 4) is 0 Å². The molecule has 0 saturated carbocycles. The SMILES string of the molecule is CC(C)(C)C(Nc1nccs1)C(=O)N1CCC[C@H]1C(=O)Nc1ccc(CN(Cc2ccc(NC(=O)C3CCCN3C(=O)[C@@H](Nc3nccs3)C(C)(C)C)cc2)c2ccccc2)cc1. The maximum Gasteiger partial charge on any atom is 0.247 e. The van der Waals surface area contributed by atoms with Gasteiger partial charge in [0.2, 0.25) is 23.6 Å². The molecule has 15 heteroatoms. The number of carbonyl (C=O) groups excluding carboxylic acids is 4. The lowest BCUT2D eigenvalue weighted by molar-refractivity contribution is -0.139. The van der Waals surface area contributed by atoms with Gasteiger partial charge in [-0.1, -0.05) is 84.0 Å². The summed E-state index contributed by atoms with van der Waals surface area (Å²) in [5, 5.41) is 17.9. The highest BCUT2D eigenvalue weighted by Gasteiger charge is 2.43. The predicted molar refractivity (Wildman–Crippen MR) is 254 cm³/mol. The molecule has 63 heavy (non-hydrogen) atoms. The molecule has 2 saturated heterocycles. The molecule has 0 bridgehead atoms. The van der Waals surface area contributed by atoms with Crippen LogP contribution in [0.4, 0.5) is 27.3 Å². The molecule has 2 fully saturated rings. The van der Waals surface area contributed by atoms with Crippen molar-refractivity contribution < 1.29 is 19.2 Å². The van der Waals surface area contributed by atoms with E-state index in [0.717, 1.165) is 29.7 Å². The van der Waals surface area contributed by atoms with Gasteiger partial charge in [-0.05, 0) is 84.0 Å². The van der Waals surface area contributed by atoms with Crippen LogP contribution >= 0.6 is 22.7 Å². The van der Waals surface area contributed by atoms with E-state index in [-0.39, 0.29) is 23.6 Å². The molecule has 4 heterocycles. The summed E-state index contributed by atoms with van der Waals surface area (Å²) in [7, 11) is 0. The first-order chi connectivity index (χ1) is 30.1. The minimum absolute atomic E-state index is 0.0960. The molecule has 332 valence electrons. The maximum atomic E-state index is 13.9. The maximum absolute atomic E-state index is 13.9. The molecule has 13 nitrogen and oxygen atoms in total. The average Bonchev–Trinajstić information content (AvgIpc) is 4.11. The second-order valence-corrected chi connectivity index (χ2v) is 20.3. The molecule has 4 N–H and O–H groups in total. The Kier molecular flexibility index (Phi) is 14.2. The van der Waals surface area contributed by atoms with Crippen LogP contribution in [0.3, 0.4) is 0 Å². The second kappa shape index (κ2) is 19.7. The van der Waals surface area contributed by atoms with Gasteiger partial charge >= 0.3 is 0 Å². The van der Waals surface area contributed by atoms with Crippen LogP contribution in [0.2, 0.25) is 0 Å². The Bertz CT molecular complexity index is 2150. The van der Waals surface area contributed by atoms with Gasteiger partial charge in [-0.2, -0.15) is 0 Å². The molecular weight excluding hydrogens is 831 g/mol. The van der Waals surface area contributed by atoms with Gasteiger partial charge < -0.3 is 36.0 Å². The normalized spacial score (nSPS) is 17.5. The summed E-state index contributed by atoms with van der Waals surface area (Å²) < 4.78 is 0. The van der Waals surface area contributed by atoms with E-state index in [9.17, 15) is 19.2 Å². The standard InChI is InChI=1S/C48H59N9O4S2/c1-47(2,3)39(53-45-49-24-28-62-45)43(60)56-26-10-14-37(56)41(58)51-34-20-16-32(17-21-34)30-55(36-12-8-7-9-13-36)31-33-18-22-35(23-19-33)52-42(59)38-15-11-27-57(38)44(61)40(48(4,5)6)54-46-50-25-29-63-46/h7-9,12-13,16-25,28-29,37-40H,10-11,14-15,26-27,30-31H2,1-6H3,(H,49,53)(H,50,54)(H,51,58)(H,52,59)/t37-,38?,39?,40+/m0/s1. The van der Waals surface area contributed by atoms with Crippen LogP contribution in [-0.4, -0.2) is 80.7 Å². The Labute approximate surface area is 378 Å². The third-order valence-corrected chi connectivity index (χ3v) is 13.0. The van der Waals surface area contributed by atoms with Crippen molar-refractivity contribution in [2.24, 2.45) is 10.8 Å². The van der Waals surface area contributed by atoms with Crippen LogP contribution in [0.25, 0.3) is 0 Å². The highest BCUT2D eigenvalue weighted by atomic mass is 32.1. The zero-order valence-corrected chi connectivity index (χ0v) is 38.6. The van der Waals surface area contributed by atoms with E-state index in [1.807, 2.05) is 119 Å². The fraction of sp³-hybridized carbons (Fsp3) is 0.417. The summed E-state index contributed by atoms with van der Waals surface area (Å²) in [6.07, 6.45) is 6.15. The number of aromatic nitrogens is 2. The molecule has 7 rings (SSSR count). The molecule has 2 unspecified atom stereocenters. The molecule has 2 aromatic heterocycles. The topological polar surface area (TPSA) is 152 Å². The Balaban J connectivity index is 0.964. The summed E-state index contributed by atoms with van der Waals surface area (Å²) >= 11 is 2.90. The second-order valence-electron chi connectivity index (χ2n) is 18.5. The quantitative estimate of drug-likeness (QED) is 0.0809. The first kappa shape index (κ1) is 45.2. The highest BCUT2D eigenvalue weighted by Crippen LogP contribution is 2.32. The lowest BCUT2D eigenvalue weighted by atomic mass is 9.85. The van der Waals surface area contributed by atoms with Crippen molar-refractivity contribution in [2.45, 2.75) is 104 Å². The number of thiazole rings is 2. The van der Waals surface area contributed by atoms with Gasteiger partial charge in [-0.15, -0.1) is 22.7 Å². The van der Waals surface area contributed by atoms with E-state index in [1.165, 1.54) is 22.7 Å². The molecule has 4 amide bonds. The summed E-state index contributed by atoms with van der Waals surface area (Å²) in [6, 6.07) is 23.8. The fourth-order valence-electron chi connectivity index (χ4n) is 8.23. The van der Waals surface area contributed by atoms with Gasteiger partial charge in [0.15, 0.2) is 10.3 Å². The lowest BCUT2D eigenvalue weighted by Gasteiger charge is -2.35. The van der Waals surface area contributed by atoms with Crippen molar-refractivity contribution in [1.29, 1.82) is 0 Å². The van der Waals surface area contributed by atoms with Crippen molar-refractivity contribution >= 4 is 73.6 Å². The van der Waals surface area contributed by atoms with Crippen LogP contribution in [0.5, 0.6) is 0 Å². The number of anilines is 5. The molecule has 2 aliphatic heterocycles.